The van der Waals surface area contributed by atoms with Gasteiger partial charge in [0, 0.05) is 17.0 Å². The van der Waals surface area contributed by atoms with Gasteiger partial charge in [-0.2, -0.15) is 0 Å². The van der Waals surface area contributed by atoms with Gasteiger partial charge in [0.1, 0.15) is 0 Å². The van der Waals surface area contributed by atoms with Gasteiger partial charge < -0.3 is 5.32 Å². The third-order valence-corrected chi connectivity index (χ3v) is 4.35. The minimum Gasteiger partial charge on any atom is -0.307 e. The molecule has 0 saturated carbocycles. The molecule has 0 fully saturated rings. The number of thiophene rings is 1. The molecule has 2 atom stereocenters. The average Bonchev–Trinajstić information content (AvgIpc) is 2.85. The zero-order valence-electron chi connectivity index (χ0n) is 11.3. The van der Waals surface area contributed by atoms with Gasteiger partial charge in [0.05, 0.1) is 0 Å². The van der Waals surface area contributed by atoms with Gasteiger partial charge >= 0.3 is 0 Å². The van der Waals surface area contributed by atoms with E-state index in [1.54, 1.807) is 0 Å². The number of benzene rings is 1. The molecule has 2 aromatic rings. The fourth-order valence-electron chi connectivity index (χ4n) is 2.27. The topological polar surface area (TPSA) is 12.0 Å². The van der Waals surface area contributed by atoms with Crippen LogP contribution in [0, 0.1) is 6.92 Å². The van der Waals surface area contributed by atoms with E-state index >= 15 is 0 Å². The van der Waals surface area contributed by atoms with Crippen molar-refractivity contribution >= 4 is 11.3 Å². The van der Waals surface area contributed by atoms with Crippen molar-refractivity contribution in [1.82, 2.24) is 5.32 Å². The standard InChI is InChI=1S/C16H21NS/c1-12-7-4-5-8-15(12)11-13(2)17-14(3)16-9-6-10-18-16/h4-10,13-14,17H,11H2,1-3H3. The van der Waals surface area contributed by atoms with E-state index in [0.717, 1.165) is 6.42 Å². The largest absolute Gasteiger partial charge is 0.307 e. The van der Waals surface area contributed by atoms with Crippen molar-refractivity contribution in [2.24, 2.45) is 0 Å². The first-order valence-corrected chi connectivity index (χ1v) is 7.38. The minimum absolute atomic E-state index is 0.434. The van der Waals surface area contributed by atoms with Gasteiger partial charge in [-0.1, -0.05) is 30.3 Å². The van der Waals surface area contributed by atoms with Crippen molar-refractivity contribution in [1.29, 1.82) is 0 Å². The first-order valence-electron chi connectivity index (χ1n) is 6.51. The number of aryl methyl sites for hydroxylation is 1. The van der Waals surface area contributed by atoms with Crippen molar-refractivity contribution in [3.8, 4) is 0 Å². The van der Waals surface area contributed by atoms with Gasteiger partial charge in [-0.25, -0.2) is 0 Å². The molecule has 1 N–H and O–H groups in total. The lowest BCUT2D eigenvalue weighted by molar-refractivity contribution is 0.481. The SMILES string of the molecule is Cc1ccccc1CC(C)NC(C)c1cccs1. The van der Waals surface area contributed by atoms with Crippen LogP contribution in [0.4, 0.5) is 0 Å². The molecule has 0 bridgehead atoms. The zero-order chi connectivity index (χ0) is 13.0. The van der Waals surface area contributed by atoms with Gasteiger partial charge in [-0.3, -0.25) is 0 Å². The quantitative estimate of drug-likeness (QED) is 0.842. The van der Waals surface area contributed by atoms with Crippen molar-refractivity contribution in [3.05, 3.63) is 57.8 Å². The molecule has 2 heteroatoms. The highest BCUT2D eigenvalue weighted by molar-refractivity contribution is 7.10. The highest BCUT2D eigenvalue weighted by Crippen LogP contribution is 2.19. The van der Waals surface area contributed by atoms with E-state index in [-0.39, 0.29) is 0 Å². The van der Waals surface area contributed by atoms with E-state index < -0.39 is 0 Å². The Morgan fingerprint density at radius 1 is 1.11 bits per heavy atom. The van der Waals surface area contributed by atoms with Gasteiger partial charge in [0.15, 0.2) is 0 Å². The molecule has 0 aliphatic heterocycles. The van der Waals surface area contributed by atoms with Crippen LogP contribution in [0.1, 0.15) is 35.9 Å². The fourth-order valence-corrected chi connectivity index (χ4v) is 3.02. The second kappa shape index (κ2) is 6.17. The number of nitrogens with one attached hydrogen (secondary N) is 1. The maximum atomic E-state index is 3.67. The molecule has 1 heterocycles. The van der Waals surface area contributed by atoms with Crippen molar-refractivity contribution in [3.63, 3.8) is 0 Å². The summed E-state index contributed by atoms with van der Waals surface area (Å²) in [4.78, 5) is 1.41. The Labute approximate surface area is 114 Å². The van der Waals surface area contributed by atoms with Crippen LogP contribution in [-0.2, 0) is 6.42 Å². The summed E-state index contributed by atoms with van der Waals surface area (Å²) >= 11 is 1.82. The van der Waals surface area contributed by atoms with Crippen LogP contribution in [0.5, 0.6) is 0 Å². The maximum Gasteiger partial charge on any atom is 0.0388 e. The summed E-state index contributed by atoms with van der Waals surface area (Å²) in [6.45, 7) is 6.68. The van der Waals surface area contributed by atoms with E-state index in [9.17, 15) is 0 Å². The molecule has 1 aromatic heterocycles. The maximum absolute atomic E-state index is 3.67. The predicted molar refractivity (Wildman–Crippen MR) is 80.2 cm³/mol. The van der Waals surface area contributed by atoms with Crippen LogP contribution < -0.4 is 5.32 Å². The predicted octanol–water partition coefficient (Wildman–Crippen LogP) is 4.34. The monoisotopic (exact) mass is 259 g/mol. The van der Waals surface area contributed by atoms with Crippen molar-refractivity contribution in [2.75, 3.05) is 0 Å². The zero-order valence-corrected chi connectivity index (χ0v) is 12.1. The lowest BCUT2D eigenvalue weighted by Crippen LogP contribution is -2.30. The van der Waals surface area contributed by atoms with E-state index in [4.69, 9.17) is 0 Å². The number of rotatable bonds is 5. The van der Waals surface area contributed by atoms with Crippen molar-refractivity contribution < 1.29 is 0 Å². The summed E-state index contributed by atoms with van der Waals surface area (Å²) in [7, 11) is 0. The van der Waals surface area contributed by atoms with Crippen LogP contribution >= 0.6 is 11.3 Å². The molecule has 2 rings (SSSR count). The Hall–Kier alpha value is -1.12. The van der Waals surface area contributed by atoms with Gasteiger partial charge in [0.25, 0.3) is 0 Å². The Balaban J connectivity index is 1.93. The van der Waals surface area contributed by atoms with Gasteiger partial charge in [0.2, 0.25) is 0 Å². The molecule has 2 unspecified atom stereocenters. The molecule has 0 aliphatic carbocycles. The first kappa shape index (κ1) is 13.3. The summed E-state index contributed by atoms with van der Waals surface area (Å²) < 4.78 is 0. The average molecular weight is 259 g/mol. The lowest BCUT2D eigenvalue weighted by atomic mass is 10.0. The Bertz CT molecular complexity index is 476. The molecular weight excluding hydrogens is 238 g/mol. The molecule has 1 nitrogen and oxygen atoms in total. The van der Waals surface area contributed by atoms with Crippen LogP contribution in [0.15, 0.2) is 41.8 Å². The second-order valence-electron chi connectivity index (χ2n) is 4.94. The molecule has 1 aromatic carbocycles. The molecule has 0 amide bonds. The highest BCUT2D eigenvalue weighted by Gasteiger charge is 2.11. The minimum atomic E-state index is 0.434. The van der Waals surface area contributed by atoms with E-state index in [0.29, 0.717) is 12.1 Å². The number of hydrogen-bond donors (Lipinski definition) is 1. The Morgan fingerprint density at radius 2 is 1.89 bits per heavy atom. The summed E-state index contributed by atoms with van der Waals surface area (Å²) in [5.41, 5.74) is 2.82. The summed E-state index contributed by atoms with van der Waals surface area (Å²) in [5.74, 6) is 0. The van der Waals surface area contributed by atoms with Crippen LogP contribution in [0.25, 0.3) is 0 Å². The summed E-state index contributed by atoms with van der Waals surface area (Å²) in [6, 6.07) is 13.9. The molecule has 96 valence electrons. The van der Waals surface area contributed by atoms with Crippen LogP contribution in [-0.4, -0.2) is 6.04 Å². The lowest BCUT2D eigenvalue weighted by Gasteiger charge is -2.20. The summed E-state index contributed by atoms with van der Waals surface area (Å²) in [6.07, 6.45) is 1.09. The van der Waals surface area contributed by atoms with E-state index in [2.05, 4.69) is 67.9 Å². The second-order valence-corrected chi connectivity index (χ2v) is 5.91. The van der Waals surface area contributed by atoms with Gasteiger partial charge in [-0.15, -0.1) is 11.3 Å². The molecule has 0 aliphatic rings. The molecule has 0 radical (unpaired) electrons. The van der Waals surface area contributed by atoms with Crippen LogP contribution in [0.3, 0.4) is 0 Å². The normalized spacial score (nSPS) is 14.4. The highest BCUT2D eigenvalue weighted by atomic mass is 32.1. The summed E-state index contributed by atoms with van der Waals surface area (Å²) in [5, 5.41) is 5.81. The third kappa shape index (κ3) is 3.44. The molecule has 18 heavy (non-hydrogen) atoms. The van der Waals surface area contributed by atoms with Crippen LogP contribution in [0.2, 0.25) is 0 Å². The first-order chi connectivity index (χ1) is 8.66. The smallest absolute Gasteiger partial charge is 0.0388 e. The fraction of sp³-hybridized carbons (Fsp3) is 0.375. The van der Waals surface area contributed by atoms with Gasteiger partial charge in [-0.05, 0) is 49.8 Å². The van der Waals surface area contributed by atoms with E-state index in [1.807, 2.05) is 11.3 Å². The molecule has 0 spiro atoms. The molecular formula is C16H21NS. The number of hydrogen-bond acceptors (Lipinski definition) is 2. The Kier molecular flexibility index (Phi) is 4.56. The third-order valence-electron chi connectivity index (χ3n) is 3.29. The Morgan fingerprint density at radius 3 is 2.56 bits per heavy atom. The van der Waals surface area contributed by atoms with Crippen molar-refractivity contribution in [2.45, 2.75) is 39.3 Å². The molecule has 0 saturated heterocycles. The van der Waals surface area contributed by atoms with E-state index in [1.165, 1.54) is 16.0 Å².